The number of aryl methyl sites for hydroxylation is 1. The second kappa shape index (κ2) is 8.13. The van der Waals surface area contributed by atoms with E-state index in [0.717, 1.165) is 11.4 Å². The summed E-state index contributed by atoms with van der Waals surface area (Å²) in [4.78, 5) is 25.8. The highest BCUT2D eigenvalue weighted by molar-refractivity contribution is 5.96. The summed E-state index contributed by atoms with van der Waals surface area (Å²) in [6, 6.07) is 3.89. The number of amides is 1. The van der Waals surface area contributed by atoms with Gasteiger partial charge in [-0.2, -0.15) is 4.98 Å². The van der Waals surface area contributed by atoms with Crippen LogP contribution in [-0.2, 0) is 7.05 Å². The maximum absolute atomic E-state index is 12.8. The van der Waals surface area contributed by atoms with Crippen molar-refractivity contribution >= 4 is 11.7 Å². The van der Waals surface area contributed by atoms with E-state index in [1.165, 1.54) is 7.11 Å². The second-order valence-corrected chi connectivity index (χ2v) is 7.52. The molecule has 0 saturated carbocycles. The van der Waals surface area contributed by atoms with Crippen LogP contribution in [0.2, 0.25) is 0 Å². The number of ether oxygens (including phenoxy) is 1. The molecule has 0 unspecified atom stereocenters. The van der Waals surface area contributed by atoms with Crippen molar-refractivity contribution in [2.75, 3.05) is 38.2 Å². The lowest BCUT2D eigenvalue weighted by Gasteiger charge is -2.35. The molecule has 0 radical (unpaired) electrons. The Balaban J connectivity index is 1.39. The number of carbonyl (C=O) groups is 1. The minimum absolute atomic E-state index is 0.0685. The normalized spacial score (nSPS) is 14.4. The van der Waals surface area contributed by atoms with E-state index in [4.69, 9.17) is 9.26 Å². The monoisotopic (exact) mass is 411 g/mol. The van der Waals surface area contributed by atoms with Crippen molar-refractivity contribution in [3.8, 4) is 17.3 Å². The third-order valence-electron chi connectivity index (χ3n) is 5.05. The molecule has 4 rings (SSSR count). The highest BCUT2D eigenvalue weighted by atomic mass is 16.5. The van der Waals surface area contributed by atoms with Crippen LogP contribution in [0.1, 0.15) is 36.0 Å². The van der Waals surface area contributed by atoms with Crippen molar-refractivity contribution in [1.29, 1.82) is 0 Å². The lowest BCUT2D eigenvalue weighted by molar-refractivity contribution is 0.0743. The molecule has 0 atom stereocenters. The fourth-order valence-corrected chi connectivity index (χ4v) is 3.37. The Labute approximate surface area is 174 Å². The van der Waals surface area contributed by atoms with Gasteiger partial charge in [-0.1, -0.05) is 19.0 Å². The predicted molar refractivity (Wildman–Crippen MR) is 109 cm³/mol. The summed E-state index contributed by atoms with van der Waals surface area (Å²) in [5.41, 5.74) is 1.30. The number of anilines is 1. The molecule has 4 heterocycles. The molecule has 3 aromatic rings. The number of hydrogen-bond acceptors (Lipinski definition) is 8. The maximum atomic E-state index is 12.8. The molecule has 1 aliphatic rings. The molecule has 10 nitrogen and oxygen atoms in total. The number of nitrogens with zero attached hydrogens (tertiary/aromatic N) is 7. The van der Waals surface area contributed by atoms with Crippen molar-refractivity contribution in [2.24, 2.45) is 7.05 Å². The van der Waals surface area contributed by atoms with Crippen LogP contribution in [0.5, 0.6) is 5.88 Å². The molecule has 0 spiro atoms. The number of hydrogen-bond donors (Lipinski definition) is 0. The standard InChI is InChI=1S/C20H25N7O3/c1-13(2)18-22-17(24-30-18)14-5-6-16(21-11-14)26-7-9-27(10-8-26)20(28)15-12-25(3)23-19(15)29-4/h5-6,11-13H,7-10H2,1-4H3. The molecule has 0 bridgehead atoms. The van der Waals surface area contributed by atoms with E-state index < -0.39 is 0 Å². The van der Waals surface area contributed by atoms with Crippen LogP contribution in [0, 0.1) is 0 Å². The Bertz CT molecular complexity index is 1020. The van der Waals surface area contributed by atoms with E-state index in [-0.39, 0.29) is 11.8 Å². The summed E-state index contributed by atoms with van der Waals surface area (Å²) in [5.74, 6) is 2.48. The van der Waals surface area contributed by atoms with Gasteiger partial charge in [0, 0.05) is 57.1 Å². The second-order valence-electron chi connectivity index (χ2n) is 7.52. The highest BCUT2D eigenvalue weighted by Gasteiger charge is 2.26. The molecule has 0 N–H and O–H groups in total. The predicted octanol–water partition coefficient (Wildman–Crippen LogP) is 1.96. The third kappa shape index (κ3) is 3.85. The number of pyridine rings is 1. The summed E-state index contributed by atoms with van der Waals surface area (Å²) in [6.45, 7) is 6.60. The van der Waals surface area contributed by atoms with Crippen LogP contribution >= 0.6 is 0 Å². The smallest absolute Gasteiger partial charge is 0.261 e. The quantitative estimate of drug-likeness (QED) is 0.628. The van der Waals surface area contributed by atoms with Crippen molar-refractivity contribution < 1.29 is 14.1 Å². The first-order chi connectivity index (χ1) is 14.5. The average Bonchev–Trinajstić information content (AvgIpc) is 3.40. The zero-order valence-electron chi connectivity index (χ0n) is 17.6. The first kappa shape index (κ1) is 19.9. The van der Waals surface area contributed by atoms with Gasteiger partial charge in [-0.15, -0.1) is 5.10 Å². The molecule has 0 aromatic carbocycles. The van der Waals surface area contributed by atoms with Gasteiger partial charge in [-0.05, 0) is 12.1 Å². The Morgan fingerprint density at radius 2 is 1.97 bits per heavy atom. The Kier molecular flexibility index (Phi) is 5.39. The van der Waals surface area contributed by atoms with Crippen LogP contribution in [0.15, 0.2) is 29.0 Å². The van der Waals surface area contributed by atoms with E-state index in [0.29, 0.717) is 49.3 Å². The average molecular weight is 411 g/mol. The molecule has 158 valence electrons. The Morgan fingerprint density at radius 1 is 1.20 bits per heavy atom. The van der Waals surface area contributed by atoms with Gasteiger partial charge in [-0.25, -0.2) is 4.98 Å². The van der Waals surface area contributed by atoms with Crippen molar-refractivity contribution in [3.05, 3.63) is 36.0 Å². The van der Waals surface area contributed by atoms with Gasteiger partial charge >= 0.3 is 0 Å². The van der Waals surface area contributed by atoms with E-state index >= 15 is 0 Å². The lowest BCUT2D eigenvalue weighted by Crippen LogP contribution is -2.49. The molecule has 0 aliphatic carbocycles. The molecule has 1 amide bonds. The fourth-order valence-electron chi connectivity index (χ4n) is 3.37. The number of aromatic nitrogens is 5. The SMILES string of the molecule is COc1nn(C)cc1C(=O)N1CCN(c2ccc(-c3noc(C(C)C)n3)cn2)CC1. The van der Waals surface area contributed by atoms with Crippen molar-refractivity contribution in [3.63, 3.8) is 0 Å². The van der Waals surface area contributed by atoms with E-state index in [1.807, 2.05) is 30.9 Å². The van der Waals surface area contributed by atoms with Gasteiger partial charge in [0.15, 0.2) is 0 Å². The molecular formula is C20H25N7O3. The summed E-state index contributed by atoms with van der Waals surface area (Å²) in [5, 5.41) is 8.18. The molecule has 1 aliphatic heterocycles. The lowest BCUT2D eigenvalue weighted by atomic mass is 10.2. The molecular weight excluding hydrogens is 386 g/mol. The van der Waals surface area contributed by atoms with Gasteiger partial charge in [0.2, 0.25) is 17.6 Å². The van der Waals surface area contributed by atoms with Gasteiger partial charge in [0.25, 0.3) is 5.91 Å². The minimum Gasteiger partial charge on any atom is -0.479 e. The van der Waals surface area contributed by atoms with Gasteiger partial charge < -0.3 is 19.1 Å². The third-order valence-corrected chi connectivity index (χ3v) is 5.05. The summed E-state index contributed by atoms with van der Waals surface area (Å²) < 4.78 is 12.1. The van der Waals surface area contributed by atoms with Crippen LogP contribution in [-0.4, -0.2) is 69.0 Å². The molecule has 30 heavy (non-hydrogen) atoms. The van der Waals surface area contributed by atoms with Crippen molar-refractivity contribution in [1.82, 2.24) is 29.8 Å². The van der Waals surface area contributed by atoms with Crippen LogP contribution in [0.4, 0.5) is 5.82 Å². The Morgan fingerprint density at radius 3 is 2.57 bits per heavy atom. The van der Waals surface area contributed by atoms with E-state index in [2.05, 4.69) is 25.1 Å². The van der Waals surface area contributed by atoms with E-state index in [9.17, 15) is 4.79 Å². The van der Waals surface area contributed by atoms with Crippen LogP contribution in [0.25, 0.3) is 11.4 Å². The topological polar surface area (TPSA) is 102 Å². The van der Waals surface area contributed by atoms with Crippen LogP contribution in [0.3, 0.4) is 0 Å². The van der Waals surface area contributed by atoms with E-state index in [1.54, 1.807) is 24.1 Å². The minimum atomic E-state index is -0.0685. The number of carbonyl (C=O) groups excluding carboxylic acids is 1. The molecule has 1 saturated heterocycles. The summed E-state index contributed by atoms with van der Waals surface area (Å²) in [6.07, 6.45) is 3.44. The number of methoxy groups -OCH3 is 1. The Hall–Kier alpha value is -3.43. The van der Waals surface area contributed by atoms with Gasteiger partial charge in [-0.3, -0.25) is 9.48 Å². The number of rotatable bonds is 5. The summed E-state index contributed by atoms with van der Waals surface area (Å²) >= 11 is 0. The summed E-state index contributed by atoms with van der Waals surface area (Å²) in [7, 11) is 3.29. The zero-order valence-corrected chi connectivity index (χ0v) is 17.6. The largest absolute Gasteiger partial charge is 0.479 e. The van der Waals surface area contributed by atoms with Gasteiger partial charge in [0.05, 0.1) is 7.11 Å². The molecule has 3 aromatic heterocycles. The fraction of sp³-hybridized carbons (Fsp3) is 0.450. The number of piperazine rings is 1. The first-order valence-electron chi connectivity index (χ1n) is 9.88. The molecule has 1 fully saturated rings. The molecule has 10 heteroatoms. The zero-order chi connectivity index (χ0) is 21.3. The van der Waals surface area contributed by atoms with Crippen molar-refractivity contribution in [2.45, 2.75) is 19.8 Å². The highest BCUT2D eigenvalue weighted by Crippen LogP contribution is 2.23. The first-order valence-corrected chi connectivity index (χ1v) is 9.88. The van der Waals surface area contributed by atoms with Gasteiger partial charge in [0.1, 0.15) is 11.4 Å². The van der Waals surface area contributed by atoms with Crippen LogP contribution < -0.4 is 9.64 Å². The maximum Gasteiger partial charge on any atom is 0.261 e.